The summed E-state index contributed by atoms with van der Waals surface area (Å²) in [5, 5.41) is 7.46. The second-order valence-electron chi connectivity index (χ2n) is 8.22. The first kappa shape index (κ1) is 20.4. The summed E-state index contributed by atoms with van der Waals surface area (Å²) < 4.78 is 5.01. The van der Waals surface area contributed by atoms with Crippen molar-refractivity contribution in [3.05, 3.63) is 36.0 Å². The second kappa shape index (κ2) is 8.78. The van der Waals surface area contributed by atoms with Crippen molar-refractivity contribution in [3.8, 4) is 0 Å². The molecule has 1 fully saturated rings. The predicted octanol–water partition coefficient (Wildman–Crippen LogP) is 3.07. The second-order valence-corrected chi connectivity index (χ2v) is 8.22. The Morgan fingerprint density at radius 2 is 1.93 bits per heavy atom. The maximum atomic E-state index is 12.9. The monoisotopic (exact) mass is 385 g/mol. The maximum Gasteiger partial charge on any atom is 0.323 e. The van der Waals surface area contributed by atoms with Crippen LogP contribution in [0.2, 0.25) is 0 Å². The van der Waals surface area contributed by atoms with E-state index in [1.807, 2.05) is 44.3 Å². The number of aromatic nitrogens is 1. The third-order valence-corrected chi connectivity index (χ3v) is 5.63. The number of nitrogens with one attached hydrogen (secondary N) is 3. The van der Waals surface area contributed by atoms with Gasteiger partial charge in [0.15, 0.2) is 0 Å². The van der Waals surface area contributed by atoms with Crippen molar-refractivity contribution in [2.75, 3.05) is 7.11 Å². The third-order valence-electron chi connectivity index (χ3n) is 5.63. The SMILES string of the molecule is COC(=O)[C@H](Cc1c[nH]c2ccccc12)NC(C)(C)C(=O)NC1CCCCC1. The molecule has 3 N–H and O–H groups in total. The quantitative estimate of drug-likeness (QED) is 0.640. The molecule has 0 radical (unpaired) electrons. The average Bonchev–Trinajstić information content (AvgIpc) is 3.10. The van der Waals surface area contributed by atoms with Gasteiger partial charge in [-0.1, -0.05) is 37.5 Å². The molecule has 1 aliphatic rings. The molecule has 2 aromatic rings. The van der Waals surface area contributed by atoms with Gasteiger partial charge in [0.1, 0.15) is 6.04 Å². The fourth-order valence-electron chi connectivity index (χ4n) is 3.97. The fraction of sp³-hybridized carbons (Fsp3) is 0.545. The molecule has 1 aromatic heterocycles. The molecule has 6 heteroatoms. The lowest BCUT2D eigenvalue weighted by Crippen LogP contribution is -2.60. The molecule has 1 aromatic carbocycles. The number of ether oxygens (including phenoxy) is 1. The molecule has 3 rings (SSSR count). The van der Waals surface area contributed by atoms with E-state index in [9.17, 15) is 9.59 Å². The van der Waals surface area contributed by atoms with Crippen molar-refractivity contribution >= 4 is 22.8 Å². The van der Waals surface area contributed by atoms with E-state index >= 15 is 0 Å². The molecule has 0 unspecified atom stereocenters. The first-order chi connectivity index (χ1) is 13.4. The molecule has 6 nitrogen and oxygen atoms in total. The van der Waals surface area contributed by atoms with Crippen molar-refractivity contribution in [2.24, 2.45) is 0 Å². The molecule has 0 aliphatic heterocycles. The summed E-state index contributed by atoms with van der Waals surface area (Å²) in [5.74, 6) is -0.448. The number of hydrogen-bond donors (Lipinski definition) is 3. The molecular formula is C22H31N3O3. The maximum absolute atomic E-state index is 12.9. The van der Waals surface area contributed by atoms with Gasteiger partial charge in [-0.2, -0.15) is 0 Å². The van der Waals surface area contributed by atoms with E-state index in [4.69, 9.17) is 4.74 Å². The van der Waals surface area contributed by atoms with E-state index in [0.717, 1.165) is 42.1 Å². The molecule has 1 aliphatic carbocycles. The molecule has 0 spiro atoms. The molecular weight excluding hydrogens is 354 g/mol. The Morgan fingerprint density at radius 3 is 2.64 bits per heavy atom. The van der Waals surface area contributed by atoms with Crippen LogP contribution in [-0.2, 0) is 20.7 Å². The van der Waals surface area contributed by atoms with Gasteiger partial charge in [-0.15, -0.1) is 0 Å². The first-order valence-electron chi connectivity index (χ1n) is 10.1. The van der Waals surface area contributed by atoms with Gasteiger partial charge < -0.3 is 15.0 Å². The number of carbonyl (C=O) groups excluding carboxylic acids is 2. The topological polar surface area (TPSA) is 83.2 Å². The molecule has 0 saturated heterocycles. The number of fused-ring (bicyclic) bond motifs is 1. The number of rotatable bonds is 7. The summed E-state index contributed by atoms with van der Waals surface area (Å²) in [7, 11) is 1.38. The zero-order chi connectivity index (χ0) is 20.1. The van der Waals surface area contributed by atoms with E-state index in [-0.39, 0.29) is 17.9 Å². The van der Waals surface area contributed by atoms with Crippen LogP contribution in [0.5, 0.6) is 0 Å². The summed E-state index contributed by atoms with van der Waals surface area (Å²) in [6.07, 6.45) is 7.96. The first-order valence-corrected chi connectivity index (χ1v) is 10.1. The summed E-state index contributed by atoms with van der Waals surface area (Å²) >= 11 is 0. The molecule has 1 amide bonds. The van der Waals surface area contributed by atoms with Crippen LogP contribution in [-0.4, -0.2) is 41.6 Å². The molecule has 152 valence electrons. The Bertz CT molecular complexity index is 821. The molecule has 0 bridgehead atoms. The van der Waals surface area contributed by atoms with E-state index in [0.29, 0.717) is 6.42 Å². The Kier molecular flexibility index (Phi) is 6.39. The smallest absolute Gasteiger partial charge is 0.323 e. The fourth-order valence-corrected chi connectivity index (χ4v) is 3.97. The van der Waals surface area contributed by atoms with Gasteiger partial charge in [-0.25, -0.2) is 0 Å². The van der Waals surface area contributed by atoms with Crippen LogP contribution >= 0.6 is 0 Å². The number of hydrogen-bond acceptors (Lipinski definition) is 4. The van der Waals surface area contributed by atoms with E-state index in [1.54, 1.807) is 0 Å². The summed E-state index contributed by atoms with van der Waals surface area (Å²) in [6.45, 7) is 3.63. The van der Waals surface area contributed by atoms with Crippen LogP contribution in [0.3, 0.4) is 0 Å². The van der Waals surface area contributed by atoms with E-state index in [2.05, 4.69) is 15.6 Å². The lowest BCUT2D eigenvalue weighted by atomic mass is 9.93. The number of H-pyrrole nitrogens is 1. The van der Waals surface area contributed by atoms with Crippen molar-refractivity contribution in [1.82, 2.24) is 15.6 Å². The average molecular weight is 386 g/mol. The number of benzene rings is 1. The number of aromatic amines is 1. The highest BCUT2D eigenvalue weighted by atomic mass is 16.5. The molecule has 1 saturated carbocycles. The van der Waals surface area contributed by atoms with Gasteiger partial charge in [-0.3, -0.25) is 14.9 Å². The van der Waals surface area contributed by atoms with Gasteiger partial charge in [0, 0.05) is 29.6 Å². The van der Waals surface area contributed by atoms with Crippen LogP contribution < -0.4 is 10.6 Å². The Hall–Kier alpha value is -2.34. The van der Waals surface area contributed by atoms with Gasteiger partial charge in [0.25, 0.3) is 0 Å². The van der Waals surface area contributed by atoms with Crippen molar-refractivity contribution < 1.29 is 14.3 Å². The molecule has 1 atom stereocenters. The number of methoxy groups -OCH3 is 1. The summed E-state index contributed by atoms with van der Waals surface area (Å²) in [4.78, 5) is 28.5. The Morgan fingerprint density at radius 1 is 1.21 bits per heavy atom. The minimum absolute atomic E-state index is 0.0766. The van der Waals surface area contributed by atoms with Gasteiger partial charge in [0.05, 0.1) is 12.6 Å². The number of amides is 1. The van der Waals surface area contributed by atoms with Crippen LogP contribution in [0.1, 0.15) is 51.5 Å². The van der Waals surface area contributed by atoms with E-state index < -0.39 is 11.6 Å². The van der Waals surface area contributed by atoms with Crippen molar-refractivity contribution in [1.29, 1.82) is 0 Å². The summed E-state index contributed by atoms with van der Waals surface area (Å²) in [6, 6.07) is 7.58. The number of para-hydroxylation sites is 1. The van der Waals surface area contributed by atoms with Gasteiger partial charge in [-0.05, 0) is 38.3 Å². The highest BCUT2D eigenvalue weighted by Crippen LogP contribution is 2.21. The Balaban J connectivity index is 1.72. The summed E-state index contributed by atoms with van der Waals surface area (Å²) in [5.41, 5.74) is 1.15. The largest absolute Gasteiger partial charge is 0.468 e. The highest BCUT2D eigenvalue weighted by molar-refractivity contribution is 5.88. The zero-order valence-corrected chi connectivity index (χ0v) is 17.0. The minimum atomic E-state index is -0.886. The van der Waals surface area contributed by atoms with Crippen LogP contribution in [0, 0.1) is 0 Å². The highest BCUT2D eigenvalue weighted by Gasteiger charge is 2.35. The van der Waals surface area contributed by atoms with Crippen LogP contribution in [0.15, 0.2) is 30.5 Å². The minimum Gasteiger partial charge on any atom is -0.468 e. The number of carbonyl (C=O) groups is 2. The van der Waals surface area contributed by atoms with E-state index in [1.165, 1.54) is 13.5 Å². The van der Waals surface area contributed by atoms with Gasteiger partial charge >= 0.3 is 5.97 Å². The third kappa shape index (κ3) is 4.73. The van der Waals surface area contributed by atoms with Crippen LogP contribution in [0.25, 0.3) is 10.9 Å². The number of esters is 1. The predicted molar refractivity (Wildman–Crippen MR) is 110 cm³/mol. The zero-order valence-electron chi connectivity index (χ0n) is 17.0. The lowest BCUT2D eigenvalue weighted by Gasteiger charge is -2.32. The van der Waals surface area contributed by atoms with Crippen molar-refractivity contribution in [2.45, 2.75) is 70.0 Å². The lowest BCUT2D eigenvalue weighted by molar-refractivity contribution is -0.144. The van der Waals surface area contributed by atoms with Gasteiger partial charge in [0.2, 0.25) is 5.91 Å². The molecule has 1 heterocycles. The molecule has 28 heavy (non-hydrogen) atoms. The van der Waals surface area contributed by atoms with Crippen molar-refractivity contribution in [3.63, 3.8) is 0 Å². The standard InChI is InChI=1S/C22H31N3O3/c1-22(2,21(27)24-16-9-5-4-6-10-16)25-19(20(26)28-3)13-15-14-23-18-12-8-7-11-17(15)18/h7-8,11-12,14,16,19,23,25H,4-6,9-10,13H2,1-3H3,(H,24,27)/t19-/m0/s1. The van der Waals surface area contributed by atoms with Crippen LogP contribution in [0.4, 0.5) is 0 Å². The normalized spacial score (nSPS) is 16.7. The Labute approximate surface area is 166 Å².